The van der Waals surface area contributed by atoms with E-state index in [9.17, 15) is 14.9 Å². The Balaban J connectivity index is 2.89. The number of hydrogen-bond acceptors (Lipinski definition) is 4. The van der Waals surface area contributed by atoms with Crippen molar-refractivity contribution >= 4 is 11.6 Å². The number of aryl methyl sites for hydroxylation is 1. The summed E-state index contributed by atoms with van der Waals surface area (Å²) >= 11 is 0. The molecule has 7 nitrogen and oxygen atoms in total. The van der Waals surface area contributed by atoms with Crippen molar-refractivity contribution in [3.05, 3.63) is 28.1 Å². The van der Waals surface area contributed by atoms with E-state index >= 15 is 0 Å². The average molecular weight is 268 g/mol. The van der Waals surface area contributed by atoms with Gasteiger partial charge in [-0.1, -0.05) is 13.3 Å². The van der Waals surface area contributed by atoms with Crippen molar-refractivity contribution in [3.63, 3.8) is 0 Å². The molecular formula is C12H20N4O3. The number of carbonyl (C=O) groups is 1. The summed E-state index contributed by atoms with van der Waals surface area (Å²) in [6.45, 7) is 4.69. The summed E-state index contributed by atoms with van der Waals surface area (Å²) in [6, 6.07) is 1.19. The number of aromatic nitrogens is 1. The summed E-state index contributed by atoms with van der Waals surface area (Å²) in [5, 5.41) is 13.5. The number of rotatable bonds is 7. The van der Waals surface area contributed by atoms with Gasteiger partial charge in [-0.3, -0.25) is 14.9 Å². The predicted octanol–water partition coefficient (Wildman–Crippen LogP) is 1.27. The summed E-state index contributed by atoms with van der Waals surface area (Å²) in [7, 11) is 0. The molecule has 1 amide bonds. The van der Waals surface area contributed by atoms with Gasteiger partial charge >= 0.3 is 0 Å². The third kappa shape index (κ3) is 3.78. The zero-order valence-electron chi connectivity index (χ0n) is 11.3. The Morgan fingerprint density at radius 3 is 2.74 bits per heavy atom. The minimum absolute atomic E-state index is 0.0770. The Morgan fingerprint density at radius 2 is 2.26 bits per heavy atom. The molecule has 0 saturated carbocycles. The SMILES string of the molecule is CCCC(CN)NC(=O)c1cc([N+](=O)[O-])cn1CC. The molecule has 19 heavy (non-hydrogen) atoms. The molecule has 1 heterocycles. The van der Waals surface area contributed by atoms with Crippen LogP contribution in [0.25, 0.3) is 0 Å². The van der Waals surface area contributed by atoms with Crippen molar-refractivity contribution in [1.82, 2.24) is 9.88 Å². The van der Waals surface area contributed by atoms with Crippen molar-refractivity contribution in [2.45, 2.75) is 39.3 Å². The molecule has 3 N–H and O–H groups in total. The van der Waals surface area contributed by atoms with Crippen LogP contribution in [0, 0.1) is 10.1 Å². The lowest BCUT2D eigenvalue weighted by molar-refractivity contribution is -0.384. The van der Waals surface area contributed by atoms with Crippen LogP contribution in [0.2, 0.25) is 0 Å². The summed E-state index contributed by atoms with van der Waals surface area (Å²) in [6.07, 6.45) is 3.07. The highest BCUT2D eigenvalue weighted by Gasteiger charge is 2.20. The van der Waals surface area contributed by atoms with Gasteiger partial charge in [0, 0.05) is 25.2 Å². The molecule has 0 aliphatic rings. The normalized spacial score (nSPS) is 12.2. The molecule has 1 atom stereocenters. The maximum absolute atomic E-state index is 12.1. The standard InChI is InChI=1S/C12H20N4O3/c1-3-5-9(7-13)14-12(17)11-6-10(16(18)19)8-15(11)4-2/h6,8-9H,3-5,7,13H2,1-2H3,(H,14,17). The van der Waals surface area contributed by atoms with Crippen LogP contribution in [0.15, 0.2) is 12.3 Å². The van der Waals surface area contributed by atoms with Crippen LogP contribution in [0.5, 0.6) is 0 Å². The van der Waals surface area contributed by atoms with Gasteiger partial charge in [0.15, 0.2) is 0 Å². The van der Waals surface area contributed by atoms with Crippen LogP contribution < -0.4 is 11.1 Å². The molecule has 0 saturated heterocycles. The molecule has 1 aromatic rings. The Hall–Kier alpha value is -1.89. The zero-order valence-corrected chi connectivity index (χ0v) is 11.3. The third-order valence-corrected chi connectivity index (χ3v) is 2.92. The highest BCUT2D eigenvalue weighted by Crippen LogP contribution is 2.16. The predicted molar refractivity (Wildman–Crippen MR) is 72.0 cm³/mol. The summed E-state index contributed by atoms with van der Waals surface area (Å²) in [5.41, 5.74) is 5.80. The van der Waals surface area contributed by atoms with E-state index < -0.39 is 4.92 Å². The molecule has 0 aliphatic heterocycles. The first-order valence-corrected chi connectivity index (χ1v) is 6.38. The van der Waals surface area contributed by atoms with Crippen LogP contribution in [0.1, 0.15) is 37.2 Å². The van der Waals surface area contributed by atoms with Gasteiger partial charge in [0.05, 0.1) is 11.1 Å². The second-order valence-electron chi connectivity index (χ2n) is 4.32. The molecule has 0 bridgehead atoms. The van der Waals surface area contributed by atoms with E-state index in [1.165, 1.54) is 12.3 Å². The van der Waals surface area contributed by atoms with Crippen molar-refractivity contribution in [2.24, 2.45) is 5.73 Å². The van der Waals surface area contributed by atoms with Gasteiger partial charge < -0.3 is 15.6 Å². The first-order chi connectivity index (χ1) is 9.03. The van der Waals surface area contributed by atoms with Gasteiger partial charge in [0.2, 0.25) is 0 Å². The van der Waals surface area contributed by atoms with Gasteiger partial charge in [-0.05, 0) is 13.3 Å². The highest BCUT2D eigenvalue weighted by molar-refractivity contribution is 5.93. The van der Waals surface area contributed by atoms with Gasteiger partial charge in [-0.25, -0.2) is 0 Å². The van der Waals surface area contributed by atoms with Gasteiger partial charge in [0.25, 0.3) is 11.6 Å². The second kappa shape index (κ2) is 6.89. The first-order valence-electron chi connectivity index (χ1n) is 6.38. The fourth-order valence-electron chi connectivity index (χ4n) is 1.90. The van der Waals surface area contributed by atoms with Crippen LogP contribution in [0.3, 0.4) is 0 Å². The molecule has 1 rings (SSSR count). The van der Waals surface area contributed by atoms with Crippen molar-refractivity contribution < 1.29 is 9.72 Å². The molecule has 0 fully saturated rings. The van der Waals surface area contributed by atoms with Crippen molar-refractivity contribution in [3.8, 4) is 0 Å². The molecule has 0 radical (unpaired) electrons. The highest BCUT2D eigenvalue weighted by atomic mass is 16.6. The van der Waals surface area contributed by atoms with Gasteiger partial charge in [-0.15, -0.1) is 0 Å². The lowest BCUT2D eigenvalue weighted by atomic mass is 10.1. The summed E-state index contributed by atoms with van der Waals surface area (Å²) in [4.78, 5) is 22.3. The van der Waals surface area contributed by atoms with E-state index in [-0.39, 0.29) is 17.6 Å². The fraction of sp³-hybridized carbons (Fsp3) is 0.583. The number of nitrogens with zero attached hydrogens (tertiary/aromatic N) is 2. The van der Waals surface area contributed by atoms with E-state index in [2.05, 4.69) is 5.32 Å². The van der Waals surface area contributed by atoms with Crippen LogP contribution in [-0.2, 0) is 6.54 Å². The number of nitro groups is 1. The molecular weight excluding hydrogens is 248 g/mol. The topological polar surface area (TPSA) is 103 Å². The van der Waals surface area contributed by atoms with E-state index in [0.717, 1.165) is 12.8 Å². The Kier molecular flexibility index (Phi) is 5.50. The lowest BCUT2D eigenvalue weighted by Crippen LogP contribution is -2.40. The van der Waals surface area contributed by atoms with Gasteiger partial charge in [0.1, 0.15) is 5.69 Å². The maximum Gasteiger partial charge on any atom is 0.287 e. The minimum Gasteiger partial charge on any atom is -0.347 e. The van der Waals surface area contributed by atoms with Crippen LogP contribution >= 0.6 is 0 Å². The maximum atomic E-state index is 12.1. The van der Waals surface area contributed by atoms with Gasteiger partial charge in [-0.2, -0.15) is 0 Å². The van der Waals surface area contributed by atoms with Crippen LogP contribution in [0.4, 0.5) is 5.69 Å². The fourth-order valence-corrected chi connectivity index (χ4v) is 1.90. The Morgan fingerprint density at radius 1 is 1.58 bits per heavy atom. The third-order valence-electron chi connectivity index (χ3n) is 2.92. The summed E-state index contributed by atoms with van der Waals surface area (Å²) < 4.78 is 1.56. The molecule has 1 unspecified atom stereocenters. The number of carbonyl (C=O) groups excluding carboxylic acids is 1. The van der Waals surface area contributed by atoms with E-state index in [1.54, 1.807) is 4.57 Å². The van der Waals surface area contributed by atoms with Crippen LogP contribution in [-0.4, -0.2) is 28.0 Å². The minimum atomic E-state index is -0.505. The smallest absolute Gasteiger partial charge is 0.287 e. The molecule has 0 aromatic carbocycles. The van der Waals surface area contributed by atoms with E-state index in [1.807, 2.05) is 13.8 Å². The number of nitrogens with one attached hydrogen (secondary N) is 1. The average Bonchev–Trinajstić information content (AvgIpc) is 2.82. The Labute approximate surface area is 111 Å². The zero-order chi connectivity index (χ0) is 14.4. The number of nitrogens with two attached hydrogens (primary N) is 1. The number of hydrogen-bond donors (Lipinski definition) is 2. The monoisotopic (exact) mass is 268 g/mol. The molecule has 7 heteroatoms. The second-order valence-corrected chi connectivity index (χ2v) is 4.32. The lowest BCUT2D eigenvalue weighted by Gasteiger charge is -2.16. The van der Waals surface area contributed by atoms with Crippen molar-refractivity contribution in [1.29, 1.82) is 0 Å². The molecule has 1 aromatic heterocycles. The van der Waals surface area contributed by atoms with E-state index in [0.29, 0.717) is 18.8 Å². The first kappa shape index (κ1) is 15.2. The number of amides is 1. The van der Waals surface area contributed by atoms with E-state index in [4.69, 9.17) is 5.73 Å². The quantitative estimate of drug-likeness (QED) is 0.574. The summed E-state index contributed by atoms with van der Waals surface area (Å²) in [5.74, 6) is -0.321. The molecule has 0 spiro atoms. The molecule has 0 aliphatic carbocycles. The largest absolute Gasteiger partial charge is 0.347 e. The Bertz CT molecular complexity index is 456. The van der Waals surface area contributed by atoms with Crippen molar-refractivity contribution in [2.75, 3.05) is 6.54 Å². The molecule has 106 valence electrons.